The van der Waals surface area contributed by atoms with E-state index in [-0.39, 0.29) is 15.8 Å². The van der Waals surface area contributed by atoms with Crippen molar-refractivity contribution in [3.05, 3.63) is 32.1 Å². The van der Waals surface area contributed by atoms with Gasteiger partial charge in [0.1, 0.15) is 0 Å². The van der Waals surface area contributed by atoms with Gasteiger partial charge in [0, 0.05) is 14.1 Å². The van der Waals surface area contributed by atoms with Crippen molar-refractivity contribution < 1.29 is 0 Å². The average molecular weight is 209 g/mol. The minimum Gasteiger partial charge on any atom is -0.328 e. The van der Waals surface area contributed by atoms with Crippen molar-refractivity contribution in [2.24, 2.45) is 19.4 Å². The van der Waals surface area contributed by atoms with E-state index in [0.717, 1.165) is 4.57 Å². The Kier molecular flexibility index (Phi) is 1.78. The quantitative estimate of drug-likeness (QED) is 0.561. The summed E-state index contributed by atoms with van der Waals surface area (Å²) in [6.07, 6.45) is 1.39. The third-order valence-corrected chi connectivity index (χ3v) is 2.18. The predicted molar refractivity (Wildman–Crippen MR) is 51.4 cm³/mol. The molecule has 0 unspecified atom stereocenters. The Morgan fingerprint density at radius 1 is 1.33 bits per heavy atom. The molecular weight excluding hydrogens is 202 g/mol. The number of aryl methyl sites for hydroxylation is 2. The van der Waals surface area contributed by atoms with Gasteiger partial charge in [0.2, 0.25) is 0 Å². The molecule has 0 atom stereocenters. The molecule has 15 heavy (non-hydrogen) atoms. The Morgan fingerprint density at radius 2 is 2.00 bits per heavy atom. The number of nitrogens with zero attached hydrogens (tertiary/aromatic N) is 5. The minimum atomic E-state index is -0.804. The van der Waals surface area contributed by atoms with Crippen LogP contribution in [0.25, 0.3) is 11.2 Å². The van der Waals surface area contributed by atoms with E-state index in [1.165, 1.54) is 17.9 Å². The molecule has 8 heteroatoms. The van der Waals surface area contributed by atoms with Crippen LogP contribution < -0.4 is 11.2 Å². The molecule has 2 aromatic heterocycles. The Hall–Kier alpha value is -2.25. The van der Waals surface area contributed by atoms with Crippen LogP contribution in [-0.2, 0) is 14.1 Å². The molecule has 78 valence electrons. The Morgan fingerprint density at radius 3 is 2.60 bits per heavy atom. The maximum Gasteiger partial charge on any atom is 0.356 e. The van der Waals surface area contributed by atoms with Crippen molar-refractivity contribution in [2.75, 3.05) is 0 Å². The van der Waals surface area contributed by atoms with E-state index < -0.39 is 11.2 Å². The van der Waals surface area contributed by atoms with Crippen LogP contribution in [0, 0.1) is 4.91 Å². The molecule has 0 saturated heterocycles. The number of rotatable bonds is 1. The molecule has 0 fully saturated rings. The topological polar surface area (TPSA) is 91.2 Å². The van der Waals surface area contributed by atoms with Gasteiger partial charge in [0.25, 0.3) is 0 Å². The summed E-state index contributed by atoms with van der Waals surface area (Å²) < 4.78 is 2.79. The maximum absolute atomic E-state index is 11.6. The van der Waals surface area contributed by atoms with Gasteiger partial charge in [-0.1, -0.05) is 0 Å². The lowest BCUT2D eigenvalue weighted by molar-refractivity contribution is 0.685. The average Bonchev–Trinajstić information content (AvgIpc) is 2.58. The molecule has 0 N–H and O–H groups in total. The summed E-state index contributed by atoms with van der Waals surface area (Å²) in [4.78, 5) is 37.3. The van der Waals surface area contributed by atoms with E-state index in [9.17, 15) is 14.5 Å². The first kappa shape index (κ1) is 9.31. The lowest BCUT2D eigenvalue weighted by Crippen LogP contribution is -2.36. The fraction of sp³-hybridized carbons (Fsp3) is 0.286. The molecule has 2 aromatic rings. The fourth-order valence-corrected chi connectivity index (χ4v) is 1.40. The second kappa shape index (κ2) is 2.87. The van der Waals surface area contributed by atoms with E-state index in [1.807, 2.05) is 0 Å². The van der Waals surface area contributed by atoms with Crippen molar-refractivity contribution >= 4 is 11.2 Å². The first-order chi connectivity index (χ1) is 7.07. The van der Waals surface area contributed by atoms with Gasteiger partial charge in [-0.3, -0.25) is 9.36 Å². The lowest BCUT2D eigenvalue weighted by Gasteiger charge is -2.00. The summed E-state index contributed by atoms with van der Waals surface area (Å²) in [6, 6.07) is 0. The zero-order chi connectivity index (χ0) is 11.2. The van der Waals surface area contributed by atoms with Crippen LogP contribution in [0.2, 0.25) is 0 Å². The van der Waals surface area contributed by atoms with Crippen molar-refractivity contribution in [1.29, 1.82) is 0 Å². The van der Waals surface area contributed by atoms with Gasteiger partial charge in [0.15, 0.2) is 11.2 Å². The summed E-state index contributed by atoms with van der Waals surface area (Å²) in [6.45, 7) is 0. The largest absolute Gasteiger partial charge is 0.356 e. The molecule has 0 spiro atoms. The number of fused-ring (bicyclic) bond motifs is 1. The summed E-state index contributed by atoms with van der Waals surface area (Å²) in [5.41, 5.74) is -1.17. The van der Waals surface area contributed by atoms with Crippen molar-refractivity contribution in [3.63, 3.8) is 0 Å². The zero-order valence-corrected chi connectivity index (χ0v) is 8.04. The van der Waals surface area contributed by atoms with E-state index in [0.29, 0.717) is 0 Å². The van der Waals surface area contributed by atoms with E-state index in [2.05, 4.69) is 10.3 Å². The van der Waals surface area contributed by atoms with Gasteiger partial charge in [-0.25, -0.2) is 9.78 Å². The number of aromatic nitrogens is 4. The number of imidazole rings is 1. The van der Waals surface area contributed by atoms with Crippen LogP contribution in [0.3, 0.4) is 0 Å². The summed E-state index contributed by atoms with van der Waals surface area (Å²) in [5.74, 6) is 0. The van der Waals surface area contributed by atoms with E-state index in [1.54, 1.807) is 7.05 Å². The SMILES string of the molecule is Cn1cnc2c1c(=O)n(N=O)c(=O)n2C. The van der Waals surface area contributed by atoms with E-state index in [4.69, 9.17) is 0 Å². The minimum absolute atomic E-state index is 0.164. The Balaban J connectivity index is 3.20. The molecule has 0 aromatic carbocycles. The molecule has 0 aliphatic heterocycles. The number of nitroso groups, excluding NO2 is 1. The molecule has 8 nitrogen and oxygen atoms in total. The Labute approximate surface area is 82.3 Å². The van der Waals surface area contributed by atoms with Crippen LogP contribution in [0.1, 0.15) is 0 Å². The third-order valence-electron chi connectivity index (χ3n) is 2.18. The van der Waals surface area contributed by atoms with Crippen LogP contribution >= 0.6 is 0 Å². The van der Waals surface area contributed by atoms with Crippen LogP contribution in [0.15, 0.2) is 21.2 Å². The van der Waals surface area contributed by atoms with Crippen molar-refractivity contribution in [1.82, 2.24) is 18.8 Å². The van der Waals surface area contributed by atoms with Crippen LogP contribution in [0.5, 0.6) is 0 Å². The smallest absolute Gasteiger partial charge is 0.328 e. The van der Waals surface area contributed by atoms with Gasteiger partial charge < -0.3 is 4.57 Å². The van der Waals surface area contributed by atoms with Crippen molar-refractivity contribution in [3.8, 4) is 0 Å². The Bertz CT molecular complexity index is 662. The van der Waals surface area contributed by atoms with Gasteiger partial charge in [-0.15, -0.1) is 9.58 Å². The summed E-state index contributed by atoms with van der Waals surface area (Å²) >= 11 is 0. The fourth-order valence-electron chi connectivity index (χ4n) is 1.40. The molecule has 0 amide bonds. The third kappa shape index (κ3) is 1.04. The molecule has 0 bridgehead atoms. The highest BCUT2D eigenvalue weighted by molar-refractivity contribution is 5.69. The van der Waals surface area contributed by atoms with E-state index >= 15 is 0 Å². The molecular formula is C7H7N5O3. The van der Waals surface area contributed by atoms with Gasteiger partial charge in [0.05, 0.1) is 11.6 Å². The van der Waals surface area contributed by atoms with Gasteiger partial charge in [-0.05, 0) is 0 Å². The van der Waals surface area contributed by atoms with Crippen LogP contribution in [-0.4, -0.2) is 18.8 Å². The highest BCUT2D eigenvalue weighted by Gasteiger charge is 2.14. The molecule has 0 radical (unpaired) electrons. The monoisotopic (exact) mass is 209 g/mol. The summed E-state index contributed by atoms with van der Waals surface area (Å²) in [5, 5.41) is 2.38. The van der Waals surface area contributed by atoms with Gasteiger partial charge >= 0.3 is 11.2 Å². The number of hydrogen-bond donors (Lipinski definition) is 0. The second-order valence-corrected chi connectivity index (χ2v) is 3.07. The molecule has 0 saturated carbocycles. The van der Waals surface area contributed by atoms with Gasteiger partial charge in [-0.2, -0.15) is 0 Å². The highest BCUT2D eigenvalue weighted by Crippen LogP contribution is 2.02. The molecule has 0 aliphatic rings. The highest BCUT2D eigenvalue weighted by atomic mass is 16.3. The maximum atomic E-state index is 11.6. The normalized spacial score (nSPS) is 10.8. The zero-order valence-electron chi connectivity index (χ0n) is 8.04. The van der Waals surface area contributed by atoms with Crippen molar-refractivity contribution in [2.45, 2.75) is 0 Å². The second-order valence-electron chi connectivity index (χ2n) is 3.07. The first-order valence-electron chi connectivity index (χ1n) is 4.04. The predicted octanol–water partition coefficient (Wildman–Crippen LogP) is -1.04. The first-order valence-corrected chi connectivity index (χ1v) is 4.04. The molecule has 2 rings (SSSR count). The molecule has 2 heterocycles. The summed E-state index contributed by atoms with van der Waals surface area (Å²) in [7, 11) is 3.01. The standard InChI is InChI=1S/C7H7N5O3/c1-10-3-8-5-4(10)6(13)12(9-15)7(14)11(5)2/h3H,1-2H3. The molecule has 0 aliphatic carbocycles. The number of hydrogen-bond acceptors (Lipinski definition) is 5. The lowest BCUT2D eigenvalue weighted by atomic mass is 10.5. The van der Waals surface area contributed by atoms with Crippen LogP contribution in [0.4, 0.5) is 0 Å².